The van der Waals surface area contributed by atoms with Gasteiger partial charge in [0.2, 0.25) is 10.0 Å². The van der Waals surface area contributed by atoms with Crippen LogP contribution in [0.2, 0.25) is 0 Å². The zero-order valence-electron chi connectivity index (χ0n) is 5.57. The quantitative estimate of drug-likeness (QED) is 0.672. The predicted octanol–water partition coefficient (Wildman–Crippen LogP) is 0.512. The highest BCUT2D eigenvalue weighted by Crippen LogP contribution is 2.27. The lowest BCUT2D eigenvalue weighted by molar-refractivity contribution is 0.585. The second-order valence-corrected chi connectivity index (χ2v) is 5.40. The molecule has 1 heterocycles. The first kappa shape index (κ1) is 8.10. The fourth-order valence-electron chi connectivity index (χ4n) is 0.697. The number of nitrogens with one attached hydrogen (secondary N) is 1. The summed E-state index contributed by atoms with van der Waals surface area (Å²) < 4.78 is 24.0. The molecule has 0 aromatic rings. The van der Waals surface area contributed by atoms with Crippen molar-refractivity contribution in [2.45, 2.75) is 11.0 Å². The second kappa shape index (κ2) is 2.94. The highest BCUT2D eigenvalue weighted by Gasteiger charge is 2.24. The van der Waals surface area contributed by atoms with Crippen LogP contribution in [-0.4, -0.2) is 20.0 Å². The van der Waals surface area contributed by atoms with E-state index in [-0.39, 0.29) is 4.58 Å². The van der Waals surface area contributed by atoms with Gasteiger partial charge in [0.25, 0.3) is 0 Å². The minimum absolute atomic E-state index is 0.308. The number of rotatable bonds is 2. The Morgan fingerprint density at radius 1 is 1.70 bits per heavy atom. The highest BCUT2D eigenvalue weighted by atomic mass is 32.3. The first-order valence-electron chi connectivity index (χ1n) is 2.89. The van der Waals surface area contributed by atoms with Crippen LogP contribution in [-0.2, 0) is 10.0 Å². The van der Waals surface area contributed by atoms with E-state index in [9.17, 15) is 8.42 Å². The Kier molecular flexibility index (Phi) is 2.38. The molecule has 1 unspecified atom stereocenters. The molecule has 3 nitrogen and oxygen atoms in total. The van der Waals surface area contributed by atoms with Gasteiger partial charge in [0.1, 0.15) is 4.58 Å². The lowest BCUT2D eigenvalue weighted by atomic mass is 10.5. The summed E-state index contributed by atoms with van der Waals surface area (Å²) in [6.45, 7) is 0. The lowest BCUT2D eigenvalue weighted by Gasteiger charge is -2.07. The molecule has 0 aromatic carbocycles. The van der Waals surface area contributed by atoms with Crippen molar-refractivity contribution in [1.29, 1.82) is 0 Å². The van der Waals surface area contributed by atoms with Crippen molar-refractivity contribution in [1.82, 2.24) is 4.72 Å². The first-order chi connectivity index (χ1) is 4.67. The van der Waals surface area contributed by atoms with Crippen molar-refractivity contribution in [3.8, 4) is 0 Å². The molecular formula is C5H9NO2S2. The fourth-order valence-corrected chi connectivity index (χ4v) is 3.01. The summed E-state index contributed by atoms with van der Waals surface area (Å²) in [5, 5.41) is 1.82. The summed E-state index contributed by atoms with van der Waals surface area (Å²) in [7, 11) is -1.61. The van der Waals surface area contributed by atoms with Crippen LogP contribution in [0.15, 0.2) is 11.5 Å². The number of allylic oxidation sites excluding steroid dienone is 1. The number of sulfonamides is 1. The van der Waals surface area contributed by atoms with Gasteiger partial charge in [-0.2, -0.15) is 0 Å². The van der Waals surface area contributed by atoms with E-state index in [1.54, 1.807) is 0 Å². The normalized spacial score (nSPS) is 25.5. The summed E-state index contributed by atoms with van der Waals surface area (Å²) in [4.78, 5) is 0. The average molecular weight is 179 g/mol. The molecule has 1 rings (SSSR count). The number of thioether (sulfide) groups is 1. The van der Waals surface area contributed by atoms with Crippen molar-refractivity contribution < 1.29 is 8.42 Å². The van der Waals surface area contributed by atoms with Crippen LogP contribution in [0, 0.1) is 0 Å². The minimum Gasteiger partial charge on any atom is -0.217 e. The molecule has 5 heteroatoms. The van der Waals surface area contributed by atoms with E-state index >= 15 is 0 Å². The lowest BCUT2D eigenvalue weighted by Crippen LogP contribution is -2.27. The standard InChI is InChI=1S/C5H9NO2S2/c1-6-10(7,8)5-3-2-4-9-5/h2,4-6H,3H2,1H3. The molecule has 0 radical (unpaired) electrons. The van der Waals surface area contributed by atoms with Gasteiger partial charge in [0.15, 0.2) is 0 Å². The molecule has 0 saturated carbocycles. The summed E-state index contributed by atoms with van der Waals surface area (Å²) in [5.74, 6) is 0. The summed E-state index contributed by atoms with van der Waals surface area (Å²) in [6, 6.07) is 0. The minimum atomic E-state index is -3.05. The van der Waals surface area contributed by atoms with Gasteiger partial charge in [-0.1, -0.05) is 6.08 Å². The monoisotopic (exact) mass is 179 g/mol. The van der Waals surface area contributed by atoms with Gasteiger partial charge in [0.05, 0.1) is 0 Å². The van der Waals surface area contributed by atoms with Crippen molar-refractivity contribution in [2.24, 2.45) is 0 Å². The Morgan fingerprint density at radius 2 is 2.40 bits per heavy atom. The molecular weight excluding hydrogens is 170 g/mol. The zero-order chi connectivity index (χ0) is 7.61. The molecule has 1 atom stereocenters. The molecule has 1 aliphatic rings. The SMILES string of the molecule is CNS(=O)(=O)C1CC=CS1. The van der Waals surface area contributed by atoms with Gasteiger partial charge in [0, 0.05) is 0 Å². The maximum Gasteiger partial charge on any atom is 0.224 e. The van der Waals surface area contributed by atoms with Gasteiger partial charge in [-0.15, -0.1) is 11.8 Å². The van der Waals surface area contributed by atoms with Gasteiger partial charge >= 0.3 is 0 Å². The topological polar surface area (TPSA) is 46.2 Å². The van der Waals surface area contributed by atoms with Crippen LogP contribution in [0.3, 0.4) is 0 Å². The third-order valence-corrected chi connectivity index (χ3v) is 4.68. The maximum absolute atomic E-state index is 11.0. The van der Waals surface area contributed by atoms with Crippen molar-refractivity contribution in [3.63, 3.8) is 0 Å². The largest absolute Gasteiger partial charge is 0.224 e. The van der Waals surface area contributed by atoms with E-state index in [1.165, 1.54) is 18.8 Å². The van der Waals surface area contributed by atoms with E-state index in [4.69, 9.17) is 0 Å². The van der Waals surface area contributed by atoms with E-state index in [0.717, 1.165) is 0 Å². The van der Waals surface area contributed by atoms with Gasteiger partial charge in [-0.05, 0) is 18.9 Å². The van der Waals surface area contributed by atoms with Crippen LogP contribution in [0.1, 0.15) is 6.42 Å². The molecule has 1 N–H and O–H groups in total. The molecule has 58 valence electrons. The van der Waals surface area contributed by atoms with Crippen molar-refractivity contribution in [2.75, 3.05) is 7.05 Å². The maximum atomic E-state index is 11.0. The van der Waals surface area contributed by atoms with Crippen LogP contribution < -0.4 is 4.72 Å². The van der Waals surface area contributed by atoms with Crippen molar-refractivity contribution >= 4 is 21.8 Å². The molecule has 0 spiro atoms. The number of hydrogen-bond acceptors (Lipinski definition) is 3. The molecule has 0 saturated heterocycles. The Hall–Kier alpha value is -0.0000000000000000555. The highest BCUT2D eigenvalue weighted by molar-refractivity contribution is 8.14. The first-order valence-corrected chi connectivity index (χ1v) is 5.38. The van der Waals surface area contributed by atoms with Gasteiger partial charge in [-0.25, -0.2) is 13.1 Å². The van der Waals surface area contributed by atoms with E-state index in [2.05, 4.69) is 4.72 Å². The van der Waals surface area contributed by atoms with Crippen LogP contribution in [0.5, 0.6) is 0 Å². The Labute approximate surface area is 64.9 Å². The van der Waals surface area contributed by atoms with Gasteiger partial charge < -0.3 is 0 Å². The molecule has 0 bridgehead atoms. The molecule has 0 amide bonds. The zero-order valence-corrected chi connectivity index (χ0v) is 7.21. The third-order valence-electron chi connectivity index (χ3n) is 1.29. The molecule has 1 aliphatic heterocycles. The summed E-state index contributed by atoms with van der Waals surface area (Å²) in [5.41, 5.74) is 0. The smallest absolute Gasteiger partial charge is 0.217 e. The Bertz CT molecular complexity index is 224. The molecule has 0 aromatic heterocycles. The summed E-state index contributed by atoms with van der Waals surface area (Å²) in [6.07, 6.45) is 2.48. The fraction of sp³-hybridized carbons (Fsp3) is 0.600. The average Bonchev–Trinajstić information content (AvgIpc) is 2.38. The van der Waals surface area contributed by atoms with Gasteiger partial charge in [-0.3, -0.25) is 0 Å². The second-order valence-electron chi connectivity index (χ2n) is 1.92. The summed E-state index contributed by atoms with van der Waals surface area (Å²) >= 11 is 1.34. The van der Waals surface area contributed by atoms with Crippen LogP contribution in [0.25, 0.3) is 0 Å². The molecule has 10 heavy (non-hydrogen) atoms. The number of hydrogen-bond donors (Lipinski definition) is 1. The van der Waals surface area contributed by atoms with Crippen LogP contribution in [0.4, 0.5) is 0 Å². The van der Waals surface area contributed by atoms with Crippen molar-refractivity contribution in [3.05, 3.63) is 11.5 Å². The Morgan fingerprint density at radius 3 is 2.80 bits per heavy atom. The molecule has 0 fully saturated rings. The van der Waals surface area contributed by atoms with Crippen LogP contribution >= 0.6 is 11.8 Å². The van der Waals surface area contributed by atoms with E-state index in [1.807, 2.05) is 11.5 Å². The Balaban J connectivity index is 2.67. The predicted molar refractivity (Wildman–Crippen MR) is 43.1 cm³/mol. The van der Waals surface area contributed by atoms with E-state index in [0.29, 0.717) is 6.42 Å². The third kappa shape index (κ3) is 1.53. The van der Waals surface area contributed by atoms with E-state index < -0.39 is 10.0 Å². The molecule has 0 aliphatic carbocycles.